The van der Waals surface area contributed by atoms with Gasteiger partial charge in [-0.1, -0.05) is 36.4 Å². The number of hydrogen-bond donors (Lipinski definition) is 0. The molecule has 2 aliphatic heterocycles. The molecule has 0 bridgehead atoms. The summed E-state index contributed by atoms with van der Waals surface area (Å²) in [6.07, 6.45) is 0. The Bertz CT molecular complexity index is 745. The molecule has 0 radical (unpaired) electrons. The lowest BCUT2D eigenvalue weighted by Crippen LogP contribution is -2.47. The molecular formula is C17H18O4P2S2. The predicted molar refractivity (Wildman–Crippen MR) is 107 cm³/mol. The standard InChI is InChI=1S/C17H18O4P2S2/c24-22(15-7-3-1-4-8-15)18-11-17(12-19-22)13-20-23(25,21-14-17)16-9-5-2-6-10-16/h1-10H,11-14H2. The van der Waals surface area contributed by atoms with E-state index in [0.29, 0.717) is 26.4 Å². The van der Waals surface area contributed by atoms with Crippen LogP contribution in [0.5, 0.6) is 0 Å². The molecule has 0 N–H and O–H groups in total. The first-order valence-corrected chi connectivity index (χ1v) is 13.2. The number of hydrogen-bond acceptors (Lipinski definition) is 6. The van der Waals surface area contributed by atoms with Crippen LogP contribution in [0.2, 0.25) is 0 Å². The second kappa shape index (κ2) is 6.95. The normalized spacial score (nSPS) is 35.5. The van der Waals surface area contributed by atoms with Gasteiger partial charge in [0.25, 0.3) is 0 Å². The van der Waals surface area contributed by atoms with Crippen LogP contribution < -0.4 is 10.6 Å². The van der Waals surface area contributed by atoms with Crippen molar-refractivity contribution in [2.75, 3.05) is 26.4 Å². The Morgan fingerprint density at radius 1 is 0.600 bits per heavy atom. The second-order valence-corrected chi connectivity index (χ2v) is 13.2. The van der Waals surface area contributed by atoms with Gasteiger partial charge in [-0.15, -0.1) is 0 Å². The zero-order chi connectivity index (χ0) is 17.4. The van der Waals surface area contributed by atoms with Crippen LogP contribution >= 0.6 is 13.0 Å². The topological polar surface area (TPSA) is 36.9 Å². The summed E-state index contributed by atoms with van der Waals surface area (Å²) in [5.41, 5.74) is -0.339. The molecule has 4 nitrogen and oxygen atoms in total. The third-order valence-electron chi connectivity index (χ3n) is 4.31. The first-order chi connectivity index (χ1) is 12.0. The average Bonchev–Trinajstić information content (AvgIpc) is 2.68. The Balaban J connectivity index is 1.45. The van der Waals surface area contributed by atoms with Gasteiger partial charge in [-0.3, -0.25) is 0 Å². The van der Waals surface area contributed by atoms with Crippen molar-refractivity contribution in [2.24, 2.45) is 5.41 Å². The van der Waals surface area contributed by atoms with E-state index in [1.807, 2.05) is 60.7 Å². The molecule has 2 saturated heterocycles. The maximum absolute atomic E-state index is 6.04. The molecular weight excluding hydrogens is 394 g/mol. The predicted octanol–water partition coefficient (Wildman–Crippen LogP) is 3.34. The third kappa shape index (κ3) is 3.55. The molecule has 8 heteroatoms. The van der Waals surface area contributed by atoms with Crippen LogP contribution in [0.4, 0.5) is 0 Å². The summed E-state index contributed by atoms with van der Waals surface area (Å²) in [6, 6.07) is 19.5. The fourth-order valence-electron chi connectivity index (χ4n) is 2.73. The minimum Gasteiger partial charge on any atom is -0.325 e. The first-order valence-electron chi connectivity index (χ1n) is 7.93. The molecule has 0 aromatic heterocycles. The van der Waals surface area contributed by atoms with Gasteiger partial charge in [-0.25, -0.2) is 0 Å². The van der Waals surface area contributed by atoms with Crippen LogP contribution in [0.25, 0.3) is 0 Å². The van der Waals surface area contributed by atoms with Crippen LogP contribution in [0, 0.1) is 5.41 Å². The quantitative estimate of drug-likeness (QED) is 0.705. The fourth-order valence-corrected chi connectivity index (χ4v) is 7.69. The first kappa shape index (κ1) is 18.0. The molecule has 1 spiro atoms. The van der Waals surface area contributed by atoms with Gasteiger partial charge in [0.1, 0.15) is 0 Å². The van der Waals surface area contributed by atoms with Gasteiger partial charge >= 0.3 is 0 Å². The highest BCUT2D eigenvalue weighted by atomic mass is 32.5. The number of benzene rings is 2. The van der Waals surface area contributed by atoms with Crippen molar-refractivity contribution >= 4 is 47.2 Å². The van der Waals surface area contributed by atoms with Crippen LogP contribution in [-0.2, 0) is 41.7 Å². The van der Waals surface area contributed by atoms with Gasteiger partial charge in [0.15, 0.2) is 0 Å². The van der Waals surface area contributed by atoms with Crippen molar-refractivity contribution in [2.45, 2.75) is 0 Å². The summed E-state index contributed by atoms with van der Waals surface area (Å²) < 4.78 is 24.2. The second-order valence-electron chi connectivity index (χ2n) is 6.26. The molecule has 25 heavy (non-hydrogen) atoms. The zero-order valence-electron chi connectivity index (χ0n) is 13.4. The summed E-state index contributed by atoms with van der Waals surface area (Å²) in [5, 5.41) is 1.87. The Kier molecular flexibility index (Phi) is 5.00. The van der Waals surface area contributed by atoms with Gasteiger partial charge in [-0.05, 0) is 47.9 Å². The van der Waals surface area contributed by atoms with E-state index < -0.39 is 13.0 Å². The molecule has 2 fully saturated rings. The van der Waals surface area contributed by atoms with Crippen molar-refractivity contribution in [3.63, 3.8) is 0 Å². The summed E-state index contributed by atoms with van der Waals surface area (Å²) in [6.45, 7) is -3.04. The molecule has 0 aliphatic carbocycles. The maximum Gasteiger partial charge on any atom is 0.219 e. The van der Waals surface area contributed by atoms with E-state index in [4.69, 9.17) is 41.7 Å². The third-order valence-corrected chi connectivity index (χ3v) is 10.6. The average molecular weight is 412 g/mol. The monoisotopic (exact) mass is 412 g/mol. The molecule has 0 amide bonds. The Morgan fingerprint density at radius 2 is 0.920 bits per heavy atom. The lowest BCUT2D eigenvalue weighted by molar-refractivity contribution is -0.0512. The van der Waals surface area contributed by atoms with Gasteiger partial charge in [0, 0.05) is 10.6 Å². The van der Waals surface area contributed by atoms with Gasteiger partial charge in [-0.2, -0.15) is 0 Å². The van der Waals surface area contributed by atoms with E-state index in [0.717, 1.165) is 10.6 Å². The van der Waals surface area contributed by atoms with Gasteiger partial charge in [0.05, 0.1) is 31.8 Å². The van der Waals surface area contributed by atoms with Crippen molar-refractivity contribution in [1.29, 1.82) is 0 Å². The Labute approximate surface area is 157 Å². The zero-order valence-corrected chi connectivity index (χ0v) is 16.9. The summed E-state index contributed by atoms with van der Waals surface area (Å²) in [7, 11) is 0. The fraction of sp³-hybridized carbons (Fsp3) is 0.294. The molecule has 0 atom stereocenters. The SMILES string of the molecule is S=P1(c2ccccc2)OCC2(CO1)COP(=S)(c1ccccc1)OC2. The van der Waals surface area contributed by atoms with Crippen molar-refractivity contribution in [1.82, 2.24) is 0 Å². The van der Waals surface area contributed by atoms with Gasteiger partial charge < -0.3 is 18.1 Å². The summed E-state index contributed by atoms with van der Waals surface area (Å²) in [4.78, 5) is 0. The smallest absolute Gasteiger partial charge is 0.219 e. The highest BCUT2D eigenvalue weighted by Gasteiger charge is 2.46. The van der Waals surface area contributed by atoms with Crippen molar-refractivity contribution in [3.05, 3.63) is 60.7 Å². The Hall–Kier alpha value is -0.420. The van der Waals surface area contributed by atoms with Crippen LogP contribution in [0.3, 0.4) is 0 Å². The molecule has 2 heterocycles. The molecule has 0 saturated carbocycles. The Morgan fingerprint density at radius 3 is 1.24 bits per heavy atom. The highest BCUT2D eigenvalue weighted by molar-refractivity contribution is 8.13. The lowest BCUT2D eigenvalue weighted by Gasteiger charge is -2.45. The molecule has 132 valence electrons. The molecule has 2 aromatic carbocycles. The molecule has 2 aromatic rings. The van der Waals surface area contributed by atoms with E-state index >= 15 is 0 Å². The van der Waals surface area contributed by atoms with E-state index in [2.05, 4.69) is 0 Å². The van der Waals surface area contributed by atoms with Crippen LogP contribution in [0.1, 0.15) is 0 Å². The molecule has 4 rings (SSSR count). The summed E-state index contributed by atoms with van der Waals surface area (Å²) in [5.74, 6) is 0. The summed E-state index contributed by atoms with van der Waals surface area (Å²) >= 11 is 11.3. The number of rotatable bonds is 2. The van der Waals surface area contributed by atoms with Gasteiger partial charge in [0.2, 0.25) is 13.0 Å². The maximum atomic E-state index is 6.04. The van der Waals surface area contributed by atoms with E-state index in [1.54, 1.807) is 0 Å². The lowest BCUT2D eigenvalue weighted by atomic mass is 9.93. The largest absolute Gasteiger partial charge is 0.325 e. The van der Waals surface area contributed by atoms with E-state index in [9.17, 15) is 0 Å². The molecule has 0 unspecified atom stereocenters. The minimum atomic E-state index is -2.44. The van der Waals surface area contributed by atoms with E-state index in [-0.39, 0.29) is 5.41 Å². The van der Waals surface area contributed by atoms with Crippen LogP contribution in [0.15, 0.2) is 60.7 Å². The van der Waals surface area contributed by atoms with E-state index in [1.165, 1.54) is 0 Å². The molecule has 2 aliphatic rings. The van der Waals surface area contributed by atoms with Crippen LogP contribution in [-0.4, -0.2) is 26.4 Å². The van der Waals surface area contributed by atoms with Crippen molar-refractivity contribution < 1.29 is 18.1 Å². The minimum absolute atomic E-state index is 0.339. The highest BCUT2D eigenvalue weighted by Crippen LogP contribution is 2.58. The van der Waals surface area contributed by atoms with Crippen molar-refractivity contribution in [3.8, 4) is 0 Å².